The fraction of sp³-hybridized carbons (Fsp3) is 0.417. The molecule has 1 atom stereocenters. The summed E-state index contributed by atoms with van der Waals surface area (Å²) < 4.78 is 29.7. The van der Waals surface area contributed by atoms with Crippen molar-refractivity contribution in [1.29, 1.82) is 0 Å². The monoisotopic (exact) mass is 256 g/mol. The second-order valence-electron chi connectivity index (χ2n) is 4.08. The molecule has 0 spiro atoms. The zero-order valence-electron chi connectivity index (χ0n) is 9.88. The summed E-state index contributed by atoms with van der Waals surface area (Å²) in [5.41, 5.74) is 1.41. The maximum atomic E-state index is 11.5. The Morgan fingerprint density at radius 2 is 1.82 bits per heavy atom. The second kappa shape index (κ2) is 5.42. The van der Waals surface area contributed by atoms with Crippen LogP contribution in [0.4, 0.5) is 0 Å². The van der Waals surface area contributed by atoms with Crippen LogP contribution in [0.1, 0.15) is 42.1 Å². The Bertz CT molecular complexity index is 488. The fourth-order valence-electron chi connectivity index (χ4n) is 1.48. The average Bonchev–Trinajstić information content (AvgIpc) is 2.26. The summed E-state index contributed by atoms with van der Waals surface area (Å²) in [6, 6.07) is 6.81. The molecule has 1 aromatic carbocycles. The summed E-state index contributed by atoms with van der Waals surface area (Å²) >= 11 is 0. The van der Waals surface area contributed by atoms with Crippen LogP contribution in [0.25, 0.3) is 0 Å². The van der Waals surface area contributed by atoms with E-state index in [9.17, 15) is 13.2 Å². The van der Waals surface area contributed by atoms with Crippen LogP contribution in [0.5, 0.6) is 0 Å². The lowest BCUT2D eigenvalue weighted by molar-refractivity contribution is 0.101. The van der Waals surface area contributed by atoms with Crippen molar-refractivity contribution in [3.8, 4) is 0 Å². The van der Waals surface area contributed by atoms with Gasteiger partial charge in [-0.05, 0) is 17.9 Å². The number of carbonyl (C=O) groups is 1. The van der Waals surface area contributed by atoms with Gasteiger partial charge in [0.2, 0.25) is 0 Å². The van der Waals surface area contributed by atoms with Gasteiger partial charge < -0.3 is 0 Å². The molecule has 0 heterocycles. The van der Waals surface area contributed by atoms with E-state index >= 15 is 0 Å². The highest BCUT2D eigenvalue weighted by molar-refractivity contribution is 7.86. The van der Waals surface area contributed by atoms with Crippen LogP contribution in [0.3, 0.4) is 0 Å². The molecule has 17 heavy (non-hydrogen) atoms. The van der Waals surface area contributed by atoms with Gasteiger partial charge >= 0.3 is 0 Å². The van der Waals surface area contributed by atoms with Crippen LogP contribution >= 0.6 is 0 Å². The topological polar surface area (TPSA) is 71.4 Å². The molecule has 1 aromatic rings. The predicted molar refractivity (Wildman–Crippen MR) is 65.9 cm³/mol. The lowest BCUT2D eigenvalue weighted by Crippen LogP contribution is -2.15. The van der Waals surface area contributed by atoms with Gasteiger partial charge in [-0.15, -0.1) is 0 Å². The Kier molecular flexibility index (Phi) is 4.42. The quantitative estimate of drug-likeness (QED) is 0.648. The molecule has 0 aliphatic carbocycles. The first-order valence-corrected chi connectivity index (χ1v) is 7.02. The minimum atomic E-state index is -4.25. The van der Waals surface area contributed by atoms with E-state index in [1.54, 1.807) is 12.1 Å². The van der Waals surface area contributed by atoms with Crippen molar-refractivity contribution in [2.45, 2.75) is 26.2 Å². The first-order valence-electron chi connectivity index (χ1n) is 5.42. The molecule has 0 radical (unpaired) electrons. The van der Waals surface area contributed by atoms with E-state index in [-0.39, 0.29) is 0 Å². The van der Waals surface area contributed by atoms with E-state index < -0.39 is 21.7 Å². The van der Waals surface area contributed by atoms with Gasteiger partial charge in [-0.1, -0.05) is 38.1 Å². The lowest BCUT2D eigenvalue weighted by Gasteiger charge is -2.09. The van der Waals surface area contributed by atoms with E-state index in [0.717, 1.165) is 12.0 Å². The third-order valence-corrected chi connectivity index (χ3v) is 3.35. The van der Waals surface area contributed by atoms with Gasteiger partial charge in [-0.2, -0.15) is 8.42 Å². The van der Waals surface area contributed by atoms with Gasteiger partial charge in [0.15, 0.2) is 5.78 Å². The molecular weight excluding hydrogens is 240 g/mol. The number of benzene rings is 1. The summed E-state index contributed by atoms with van der Waals surface area (Å²) in [7, 11) is -4.25. The molecule has 5 heteroatoms. The van der Waals surface area contributed by atoms with Crippen molar-refractivity contribution in [3.05, 3.63) is 35.4 Å². The van der Waals surface area contributed by atoms with Crippen molar-refractivity contribution in [3.63, 3.8) is 0 Å². The van der Waals surface area contributed by atoms with Crippen LogP contribution in [-0.2, 0) is 10.1 Å². The van der Waals surface area contributed by atoms with Gasteiger partial charge in [0.25, 0.3) is 10.1 Å². The molecule has 0 fully saturated rings. The Morgan fingerprint density at radius 1 is 1.29 bits per heavy atom. The smallest absolute Gasteiger partial charge is 0.272 e. The van der Waals surface area contributed by atoms with Gasteiger partial charge in [0.05, 0.1) is 0 Å². The Morgan fingerprint density at radius 3 is 2.24 bits per heavy atom. The highest BCUT2D eigenvalue weighted by Gasteiger charge is 2.15. The average molecular weight is 256 g/mol. The van der Waals surface area contributed by atoms with Crippen LogP contribution in [0.2, 0.25) is 0 Å². The highest BCUT2D eigenvalue weighted by Crippen LogP contribution is 2.19. The molecule has 0 amide bonds. The van der Waals surface area contributed by atoms with E-state index in [4.69, 9.17) is 4.55 Å². The van der Waals surface area contributed by atoms with Crippen molar-refractivity contribution < 1.29 is 17.8 Å². The van der Waals surface area contributed by atoms with Crippen LogP contribution < -0.4 is 0 Å². The standard InChI is InChI=1S/C12H16O4S/c1-3-9(2)10-4-6-11(7-5-10)12(13)8-17(14,15)16/h4-7,9H,3,8H2,1-2H3,(H,14,15,16). The lowest BCUT2D eigenvalue weighted by atomic mass is 9.97. The molecule has 4 nitrogen and oxygen atoms in total. The molecule has 0 bridgehead atoms. The number of rotatable bonds is 5. The summed E-state index contributed by atoms with van der Waals surface area (Å²) in [6.45, 7) is 4.15. The molecule has 1 unspecified atom stereocenters. The number of hydrogen-bond donors (Lipinski definition) is 1. The third-order valence-electron chi connectivity index (χ3n) is 2.73. The molecule has 94 valence electrons. The predicted octanol–water partition coefficient (Wildman–Crippen LogP) is 2.27. The van der Waals surface area contributed by atoms with Gasteiger partial charge in [0, 0.05) is 5.56 Å². The van der Waals surface area contributed by atoms with E-state index in [1.807, 2.05) is 12.1 Å². The zero-order valence-corrected chi connectivity index (χ0v) is 10.7. The van der Waals surface area contributed by atoms with Gasteiger partial charge in [-0.25, -0.2) is 0 Å². The van der Waals surface area contributed by atoms with Crippen molar-refractivity contribution in [2.75, 3.05) is 5.75 Å². The Balaban J connectivity index is 2.84. The third kappa shape index (κ3) is 4.28. The molecule has 0 aliphatic heterocycles. The molecule has 0 saturated heterocycles. The zero-order chi connectivity index (χ0) is 13.1. The van der Waals surface area contributed by atoms with E-state index in [2.05, 4.69) is 13.8 Å². The summed E-state index contributed by atoms with van der Waals surface area (Å²) in [4.78, 5) is 11.5. The van der Waals surface area contributed by atoms with E-state index in [0.29, 0.717) is 11.5 Å². The Labute approximate surface area is 101 Å². The summed E-state index contributed by atoms with van der Waals surface area (Å²) in [5.74, 6) is -1.06. The molecular formula is C12H16O4S. The molecule has 1 rings (SSSR count). The molecule has 1 N–H and O–H groups in total. The number of hydrogen-bond acceptors (Lipinski definition) is 3. The first kappa shape index (κ1) is 13.9. The number of Topliss-reactive ketones (excluding diaryl/α,β-unsaturated/α-hetero) is 1. The maximum absolute atomic E-state index is 11.5. The minimum Gasteiger partial charge on any atom is -0.293 e. The molecule has 0 saturated carbocycles. The van der Waals surface area contributed by atoms with E-state index in [1.165, 1.54) is 0 Å². The summed E-state index contributed by atoms with van der Waals surface area (Å²) in [6.07, 6.45) is 0.998. The van der Waals surface area contributed by atoms with Crippen molar-refractivity contribution in [2.24, 2.45) is 0 Å². The van der Waals surface area contributed by atoms with Crippen molar-refractivity contribution >= 4 is 15.9 Å². The molecule has 0 aromatic heterocycles. The maximum Gasteiger partial charge on any atom is 0.272 e. The number of carbonyl (C=O) groups excluding carboxylic acids is 1. The summed E-state index contributed by atoms with van der Waals surface area (Å²) in [5, 5.41) is 0. The SMILES string of the molecule is CCC(C)c1ccc(C(=O)CS(=O)(=O)O)cc1. The first-order chi connectivity index (χ1) is 7.83. The Hall–Kier alpha value is -1.20. The molecule has 0 aliphatic rings. The number of ketones is 1. The highest BCUT2D eigenvalue weighted by atomic mass is 32.2. The van der Waals surface area contributed by atoms with Crippen LogP contribution in [0.15, 0.2) is 24.3 Å². The van der Waals surface area contributed by atoms with Gasteiger partial charge in [0.1, 0.15) is 5.75 Å². The van der Waals surface area contributed by atoms with Crippen molar-refractivity contribution in [1.82, 2.24) is 0 Å². The fourth-order valence-corrected chi connectivity index (χ4v) is 1.98. The second-order valence-corrected chi connectivity index (χ2v) is 5.53. The minimum absolute atomic E-state index is 0.301. The largest absolute Gasteiger partial charge is 0.293 e. The van der Waals surface area contributed by atoms with Crippen LogP contribution in [0, 0.1) is 0 Å². The van der Waals surface area contributed by atoms with Crippen LogP contribution in [-0.4, -0.2) is 24.5 Å². The normalized spacial score (nSPS) is 13.4. The van der Waals surface area contributed by atoms with Gasteiger partial charge in [-0.3, -0.25) is 9.35 Å².